The van der Waals surface area contributed by atoms with Gasteiger partial charge >= 0.3 is 11.9 Å². The molecule has 0 heterocycles. The summed E-state index contributed by atoms with van der Waals surface area (Å²) in [6.45, 7) is -0.457. The molecule has 0 aromatic carbocycles. The van der Waals surface area contributed by atoms with E-state index in [4.69, 9.17) is 5.11 Å². The van der Waals surface area contributed by atoms with Crippen molar-refractivity contribution in [2.75, 3.05) is 26.0 Å². The molecule has 1 saturated carbocycles. The lowest BCUT2D eigenvalue weighted by molar-refractivity contribution is -0.139. The topological polar surface area (TPSA) is 101 Å². The molecule has 17 heavy (non-hydrogen) atoms. The summed E-state index contributed by atoms with van der Waals surface area (Å²) in [6, 6.07) is 0. The highest BCUT2D eigenvalue weighted by Gasteiger charge is 2.33. The first-order chi connectivity index (χ1) is 7.85. The lowest BCUT2D eigenvalue weighted by Crippen LogP contribution is -2.40. The second kappa shape index (κ2) is 5.46. The van der Waals surface area contributed by atoms with E-state index in [-0.39, 0.29) is 12.5 Å². The summed E-state index contributed by atoms with van der Waals surface area (Å²) in [5, 5.41) is 8.65. The molecule has 8 heteroatoms. The van der Waals surface area contributed by atoms with Gasteiger partial charge in [-0.25, -0.2) is 8.42 Å². The zero-order valence-electron chi connectivity index (χ0n) is 9.46. The van der Waals surface area contributed by atoms with Crippen LogP contribution < -0.4 is 0 Å². The van der Waals surface area contributed by atoms with Gasteiger partial charge in [-0.1, -0.05) is 0 Å². The molecule has 0 spiro atoms. The van der Waals surface area contributed by atoms with Gasteiger partial charge in [0.25, 0.3) is 0 Å². The summed E-state index contributed by atoms with van der Waals surface area (Å²) in [5.74, 6) is -2.74. The highest BCUT2D eigenvalue weighted by molar-refractivity contribution is 7.89. The molecule has 0 unspecified atom stereocenters. The minimum absolute atomic E-state index is 0.158. The Kier molecular flexibility index (Phi) is 4.47. The van der Waals surface area contributed by atoms with E-state index in [9.17, 15) is 18.0 Å². The number of rotatable bonds is 7. The molecular weight excluding hydrogens is 250 g/mol. The van der Waals surface area contributed by atoms with Crippen molar-refractivity contribution in [3.8, 4) is 0 Å². The number of carbonyl (C=O) groups is 2. The van der Waals surface area contributed by atoms with Crippen molar-refractivity contribution in [3.63, 3.8) is 0 Å². The molecule has 1 aliphatic carbocycles. The van der Waals surface area contributed by atoms with Crippen LogP contribution in [0.1, 0.15) is 12.8 Å². The molecule has 1 N–H and O–H groups in total. The Balaban J connectivity index is 2.71. The predicted molar refractivity (Wildman–Crippen MR) is 57.7 cm³/mol. The number of hydrogen-bond acceptors (Lipinski definition) is 5. The first-order valence-electron chi connectivity index (χ1n) is 5.11. The van der Waals surface area contributed by atoms with Crippen molar-refractivity contribution >= 4 is 22.0 Å². The van der Waals surface area contributed by atoms with E-state index < -0.39 is 34.3 Å². The molecule has 0 aromatic heterocycles. The number of carboxylic acid groups (broad SMARTS) is 1. The number of carboxylic acids is 1. The number of ether oxygens (including phenoxy) is 1. The Morgan fingerprint density at radius 3 is 2.41 bits per heavy atom. The van der Waals surface area contributed by atoms with Crippen LogP contribution in [0.2, 0.25) is 0 Å². The number of hydrogen-bond donors (Lipinski definition) is 1. The van der Waals surface area contributed by atoms with Crippen LogP contribution in [-0.4, -0.2) is 55.7 Å². The third-order valence-electron chi connectivity index (χ3n) is 2.39. The first-order valence-corrected chi connectivity index (χ1v) is 6.72. The van der Waals surface area contributed by atoms with Crippen molar-refractivity contribution in [1.29, 1.82) is 0 Å². The lowest BCUT2D eigenvalue weighted by Gasteiger charge is -2.19. The Bertz CT molecular complexity index is 400. The van der Waals surface area contributed by atoms with Gasteiger partial charge in [-0.3, -0.25) is 9.59 Å². The average Bonchev–Trinajstić information content (AvgIpc) is 2.99. The van der Waals surface area contributed by atoms with E-state index in [2.05, 4.69) is 4.74 Å². The summed E-state index contributed by atoms with van der Waals surface area (Å²) in [6.07, 6.45) is 1.79. The van der Waals surface area contributed by atoms with Gasteiger partial charge < -0.3 is 9.84 Å². The SMILES string of the molecule is COC(=O)CS(=O)(=O)N(CC(=O)O)CC1CC1. The van der Waals surface area contributed by atoms with Gasteiger partial charge in [0.05, 0.1) is 7.11 Å². The minimum atomic E-state index is -3.91. The van der Waals surface area contributed by atoms with E-state index in [0.29, 0.717) is 0 Å². The molecule has 98 valence electrons. The first kappa shape index (κ1) is 13.9. The van der Waals surface area contributed by atoms with Crippen molar-refractivity contribution < 1.29 is 27.9 Å². The summed E-state index contributed by atoms with van der Waals surface area (Å²) < 4.78 is 28.6. The van der Waals surface area contributed by atoms with Gasteiger partial charge in [0, 0.05) is 6.54 Å². The van der Waals surface area contributed by atoms with Gasteiger partial charge in [-0.15, -0.1) is 0 Å². The van der Waals surface area contributed by atoms with Gasteiger partial charge in [-0.2, -0.15) is 4.31 Å². The third-order valence-corrected chi connectivity index (χ3v) is 4.06. The zero-order chi connectivity index (χ0) is 13.1. The molecule has 0 aliphatic heterocycles. The van der Waals surface area contributed by atoms with Crippen molar-refractivity contribution in [2.24, 2.45) is 5.92 Å². The normalized spacial score (nSPS) is 15.9. The summed E-state index contributed by atoms with van der Waals surface area (Å²) in [4.78, 5) is 21.5. The van der Waals surface area contributed by atoms with E-state index in [1.54, 1.807) is 0 Å². The Morgan fingerprint density at radius 1 is 1.41 bits per heavy atom. The zero-order valence-corrected chi connectivity index (χ0v) is 10.3. The maximum atomic E-state index is 11.8. The van der Waals surface area contributed by atoms with Crippen LogP contribution in [0.15, 0.2) is 0 Å². The molecule has 0 saturated heterocycles. The van der Waals surface area contributed by atoms with Crippen LogP contribution in [0, 0.1) is 5.92 Å². The Hall–Kier alpha value is -1.15. The summed E-state index contributed by atoms with van der Waals surface area (Å²) in [7, 11) is -2.82. The maximum absolute atomic E-state index is 11.8. The highest BCUT2D eigenvalue weighted by atomic mass is 32.2. The summed E-state index contributed by atoms with van der Waals surface area (Å²) in [5.41, 5.74) is 0. The molecule has 1 rings (SSSR count). The fraction of sp³-hybridized carbons (Fsp3) is 0.778. The number of nitrogens with zero attached hydrogens (tertiary/aromatic N) is 1. The van der Waals surface area contributed by atoms with Crippen LogP contribution in [0.4, 0.5) is 0 Å². The number of carbonyl (C=O) groups excluding carboxylic acids is 1. The molecule has 0 amide bonds. The van der Waals surface area contributed by atoms with Gasteiger partial charge in [-0.05, 0) is 18.8 Å². The van der Waals surface area contributed by atoms with Crippen LogP contribution >= 0.6 is 0 Å². The molecule has 0 radical (unpaired) electrons. The number of methoxy groups -OCH3 is 1. The van der Waals surface area contributed by atoms with E-state index in [1.807, 2.05) is 0 Å². The lowest BCUT2D eigenvalue weighted by atomic mass is 10.4. The van der Waals surface area contributed by atoms with Crippen molar-refractivity contribution in [1.82, 2.24) is 4.31 Å². The standard InChI is InChI=1S/C9H15NO6S/c1-16-9(13)6-17(14,15)10(5-8(11)12)4-7-2-3-7/h7H,2-6H2,1H3,(H,11,12). The highest BCUT2D eigenvalue weighted by Crippen LogP contribution is 2.30. The second-order valence-electron chi connectivity index (χ2n) is 3.96. The molecule has 7 nitrogen and oxygen atoms in total. The summed E-state index contributed by atoms with van der Waals surface area (Å²) >= 11 is 0. The van der Waals surface area contributed by atoms with Crippen molar-refractivity contribution in [2.45, 2.75) is 12.8 Å². The maximum Gasteiger partial charge on any atom is 0.322 e. The third kappa shape index (κ3) is 4.70. The Labute approximate surface area is 99.4 Å². The van der Waals surface area contributed by atoms with Gasteiger partial charge in [0.1, 0.15) is 6.54 Å². The van der Waals surface area contributed by atoms with E-state index >= 15 is 0 Å². The fourth-order valence-corrected chi connectivity index (χ4v) is 2.66. The van der Waals surface area contributed by atoms with E-state index in [0.717, 1.165) is 24.3 Å². The minimum Gasteiger partial charge on any atom is -0.480 e. The molecule has 0 aromatic rings. The molecule has 0 bridgehead atoms. The largest absolute Gasteiger partial charge is 0.480 e. The van der Waals surface area contributed by atoms with Crippen LogP contribution in [-0.2, 0) is 24.3 Å². The number of aliphatic carboxylic acids is 1. The monoisotopic (exact) mass is 265 g/mol. The molecule has 1 aliphatic rings. The number of sulfonamides is 1. The fourth-order valence-electron chi connectivity index (χ4n) is 1.31. The van der Waals surface area contributed by atoms with Crippen LogP contribution in [0.25, 0.3) is 0 Å². The van der Waals surface area contributed by atoms with Gasteiger partial charge in [0.15, 0.2) is 5.75 Å². The average molecular weight is 265 g/mol. The second-order valence-corrected chi connectivity index (χ2v) is 5.93. The smallest absolute Gasteiger partial charge is 0.322 e. The predicted octanol–water partition coefficient (Wildman–Crippen LogP) is -0.714. The van der Waals surface area contributed by atoms with E-state index in [1.165, 1.54) is 0 Å². The quantitative estimate of drug-likeness (QED) is 0.610. The number of esters is 1. The van der Waals surface area contributed by atoms with Crippen LogP contribution in [0.3, 0.4) is 0 Å². The Morgan fingerprint density at radius 2 is 2.00 bits per heavy atom. The van der Waals surface area contributed by atoms with Crippen LogP contribution in [0.5, 0.6) is 0 Å². The molecule has 0 atom stereocenters. The van der Waals surface area contributed by atoms with Crippen molar-refractivity contribution in [3.05, 3.63) is 0 Å². The molecular formula is C9H15NO6S. The van der Waals surface area contributed by atoms with Gasteiger partial charge in [0.2, 0.25) is 10.0 Å². The molecule has 1 fully saturated rings.